The fraction of sp³-hybridized carbons (Fsp3) is 0.250. The van der Waals surface area contributed by atoms with Gasteiger partial charge in [-0.05, 0) is 30.7 Å². The molecule has 1 amide bonds. The van der Waals surface area contributed by atoms with Crippen molar-refractivity contribution in [3.8, 4) is 5.75 Å². The summed E-state index contributed by atoms with van der Waals surface area (Å²) in [5.41, 5.74) is 1.20. The van der Waals surface area contributed by atoms with Crippen molar-refractivity contribution >= 4 is 40.0 Å². The number of aryl methyl sites for hydroxylation is 1. The van der Waals surface area contributed by atoms with Crippen molar-refractivity contribution in [3.05, 3.63) is 68.7 Å². The van der Waals surface area contributed by atoms with E-state index in [-0.39, 0.29) is 30.3 Å². The zero-order valence-corrected chi connectivity index (χ0v) is 17.1. The van der Waals surface area contributed by atoms with Crippen molar-refractivity contribution in [2.45, 2.75) is 19.6 Å². The molecule has 0 saturated carbocycles. The van der Waals surface area contributed by atoms with Gasteiger partial charge in [-0.15, -0.1) is 0 Å². The van der Waals surface area contributed by atoms with Gasteiger partial charge >= 0.3 is 0 Å². The molecule has 0 saturated heterocycles. The van der Waals surface area contributed by atoms with Crippen LogP contribution in [0.15, 0.2) is 47.5 Å². The highest BCUT2D eigenvalue weighted by molar-refractivity contribution is 6.42. The van der Waals surface area contributed by atoms with Gasteiger partial charge in [-0.25, -0.2) is 4.98 Å². The number of aliphatic hydroxyl groups is 1. The lowest BCUT2D eigenvalue weighted by molar-refractivity contribution is -0.122. The topological polar surface area (TPSA) is 93.5 Å². The fourth-order valence-corrected chi connectivity index (χ4v) is 3.08. The summed E-state index contributed by atoms with van der Waals surface area (Å²) in [4.78, 5) is 28.9. The van der Waals surface area contributed by atoms with Gasteiger partial charge in [0.2, 0.25) is 5.91 Å². The summed E-state index contributed by atoms with van der Waals surface area (Å²) in [6.07, 6.45) is 0.376. The van der Waals surface area contributed by atoms with Crippen LogP contribution in [0.4, 0.5) is 0 Å². The molecule has 0 aliphatic rings. The minimum atomic E-state index is -0.969. The first kappa shape index (κ1) is 21.1. The molecule has 2 aromatic carbocycles. The molecule has 0 aliphatic carbocycles. The van der Waals surface area contributed by atoms with Crippen molar-refractivity contribution in [2.75, 3.05) is 13.2 Å². The Morgan fingerprint density at radius 1 is 1.28 bits per heavy atom. The maximum Gasteiger partial charge on any atom is 0.261 e. The predicted octanol–water partition coefficient (Wildman–Crippen LogP) is 2.57. The van der Waals surface area contributed by atoms with Crippen LogP contribution in [0.1, 0.15) is 5.56 Å². The van der Waals surface area contributed by atoms with Crippen LogP contribution in [0.25, 0.3) is 10.9 Å². The Hall–Kier alpha value is -2.61. The maximum atomic E-state index is 12.5. The first-order chi connectivity index (χ1) is 13.9. The number of ether oxygens (including phenoxy) is 1. The van der Waals surface area contributed by atoms with Gasteiger partial charge in [0.15, 0.2) is 0 Å². The highest BCUT2D eigenvalue weighted by atomic mass is 35.5. The van der Waals surface area contributed by atoms with E-state index in [2.05, 4.69) is 10.3 Å². The molecule has 152 valence electrons. The number of carbonyl (C=O) groups is 1. The van der Waals surface area contributed by atoms with Crippen molar-refractivity contribution in [2.24, 2.45) is 0 Å². The molecule has 0 spiro atoms. The Kier molecular flexibility index (Phi) is 6.74. The number of benzene rings is 2. The van der Waals surface area contributed by atoms with Crippen molar-refractivity contribution in [1.29, 1.82) is 0 Å². The van der Waals surface area contributed by atoms with E-state index in [0.717, 1.165) is 5.56 Å². The molecular formula is C20H19Cl2N3O4. The second kappa shape index (κ2) is 9.26. The minimum absolute atomic E-state index is 0.0497. The second-order valence-electron chi connectivity index (χ2n) is 6.47. The molecule has 29 heavy (non-hydrogen) atoms. The molecule has 0 radical (unpaired) electrons. The number of hydrogen-bond acceptors (Lipinski definition) is 5. The first-order valence-electron chi connectivity index (χ1n) is 8.83. The number of aromatic nitrogens is 2. The van der Waals surface area contributed by atoms with E-state index >= 15 is 0 Å². The van der Waals surface area contributed by atoms with Gasteiger partial charge in [0.05, 0.1) is 22.3 Å². The Balaban J connectivity index is 1.54. The van der Waals surface area contributed by atoms with Crippen LogP contribution in [0.5, 0.6) is 5.75 Å². The number of fused-ring (bicyclic) bond motifs is 1. The molecule has 1 unspecified atom stereocenters. The number of hydrogen-bond donors (Lipinski definition) is 2. The Bertz CT molecular complexity index is 1100. The summed E-state index contributed by atoms with van der Waals surface area (Å²) in [6, 6.07) is 10.2. The molecule has 7 nitrogen and oxygen atoms in total. The van der Waals surface area contributed by atoms with Crippen LogP contribution >= 0.6 is 23.2 Å². The average Bonchev–Trinajstić information content (AvgIpc) is 2.70. The van der Waals surface area contributed by atoms with Crippen molar-refractivity contribution < 1.29 is 14.6 Å². The zero-order valence-electron chi connectivity index (χ0n) is 15.6. The molecule has 9 heteroatoms. The highest BCUT2D eigenvalue weighted by Crippen LogP contribution is 2.31. The number of carbonyl (C=O) groups excluding carboxylic acids is 1. The van der Waals surface area contributed by atoms with E-state index in [1.807, 2.05) is 13.0 Å². The molecular weight excluding hydrogens is 417 g/mol. The van der Waals surface area contributed by atoms with Gasteiger partial charge in [0.25, 0.3) is 5.56 Å². The monoisotopic (exact) mass is 435 g/mol. The zero-order chi connectivity index (χ0) is 21.0. The quantitative estimate of drug-likeness (QED) is 0.594. The summed E-state index contributed by atoms with van der Waals surface area (Å²) in [5, 5.41) is 13.6. The third kappa shape index (κ3) is 5.06. The van der Waals surface area contributed by atoms with Gasteiger partial charge in [0, 0.05) is 6.54 Å². The SMILES string of the molecule is Cc1cccc2c(=O)n(CC(=O)NCC(O)COc3cccc(Cl)c3Cl)cnc12. The molecule has 0 aliphatic heterocycles. The van der Waals surface area contributed by atoms with Crippen LogP contribution in [-0.4, -0.2) is 39.8 Å². The van der Waals surface area contributed by atoms with Crippen LogP contribution in [0.2, 0.25) is 10.0 Å². The summed E-state index contributed by atoms with van der Waals surface area (Å²) < 4.78 is 6.65. The Morgan fingerprint density at radius 2 is 2.03 bits per heavy atom. The fourth-order valence-electron chi connectivity index (χ4n) is 2.73. The van der Waals surface area contributed by atoms with Gasteiger partial charge in [-0.2, -0.15) is 0 Å². The third-order valence-electron chi connectivity index (χ3n) is 4.25. The van der Waals surface area contributed by atoms with Gasteiger partial charge < -0.3 is 15.2 Å². The molecule has 2 N–H and O–H groups in total. The number of rotatable bonds is 7. The summed E-state index contributed by atoms with van der Waals surface area (Å²) in [5.74, 6) is -0.0885. The number of halogens is 2. The largest absolute Gasteiger partial charge is 0.489 e. The molecule has 3 aromatic rings. The number of para-hydroxylation sites is 1. The number of nitrogens with zero attached hydrogens (tertiary/aromatic N) is 2. The van der Waals surface area contributed by atoms with Gasteiger partial charge in [0.1, 0.15) is 30.0 Å². The van der Waals surface area contributed by atoms with E-state index in [0.29, 0.717) is 21.7 Å². The normalized spacial score (nSPS) is 12.0. The lowest BCUT2D eigenvalue weighted by atomic mass is 10.1. The van der Waals surface area contributed by atoms with Crippen molar-refractivity contribution in [1.82, 2.24) is 14.9 Å². The molecule has 1 aromatic heterocycles. The molecule has 1 atom stereocenters. The number of nitrogens with one attached hydrogen (secondary N) is 1. The number of amides is 1. The van der Waals surface area contributed by atoms with E-state index in [1.54, 1.807) is 30.3 Å². The van der Waals surface area contributed by atoms with Crippen LogP contribution in [-0.2, 0) is 11.3 Å². The van der Waals surface area contributed by atoms with Crippen molar-refractivity contribution in [3.63, 3.8) is 0 Å². The first-order valence-corrected chi connectivity index (χ1v) is 9.58. The maximum absolute atomic E-state index is 12.5. The molecule has 0 fully saturated rings. The molecule has 3 rings (SSSR count). The molecule has 1 heterocycles. The number of aliphatic hydroxyl groups excluding tert-OH is 1. The second-order valence-corrected chi connectivity index (χ2v) is 7.25. The predicted molar refractivity (Wildman–Crippen MR) is 112 cm³/mol. The summed E-state index contributed by atoms with van der Waals surface area (Å²) in [7, 11) is 0. The third-order valence-corrected chi connectivity index (χ3v) is 5.05. The Labute approximate surface area is 176 Å². The highest BCUT2D eigenvalue weighted by Gasteiger charge is 2.13. The van der Waals surface area contributed by atoms with E-state index in [9.17, 15) is 14.7 Å². The van der Waals surface area contributed by atoms with E-state index in [1.165, 1.54) is 10.9 Å². The van der Waals surface area contributed by atoms with Crippen LogP contribution in [0.3, 0.4) is 0 Å². The van der Waals surface area contributed by atoms with E-state index in [4.69, 9.17) is 27.9 Å². The summed E-state index contributed by atoms with van der Waals surface area (Å²) >= 11 is 11.9. The van der Waals surface area contributed by atoms with Gasteiger partial charge in [-0.1, -0.05) is 41.4 Å². The smallest absolute Gasteiger partial charge is 0.261 e. The standard InChI is InChI=1S/C20H19Cl2N3O4/c1-12-4-2-5-14-19(12)24-11-25(20(14)28)9-17(27)23-8-13(26)10-29-16-7-3-6-15(21)18(16)22/h2-7,11,13,26H,8-10H2,1H3,(H,23,27). The van der Waals surface area contributed by atoms with E-state index < -0.39 is 12.0 Å². The molecule has 0 bridgehead atoms. The average molecular weight is 436 g/mol. The lowest BCUT2D eigenvalue weighted by Crippen LogP contribution is -2.38. The van der Waals surface area contributed by atoms with Gasteiger partial charge in [-0.3, -0.25) is 14.2 Å². The van der Waals surface area contributed by atoms with Crippen LogP contribution in [0, 0.1) is 6.92 Å². The summed E-state index contributed by atoms with van der Waals surface area (Å²) in [6.45, 7) is 1.53. The minimum Gasteiger partial charge on any atom is -0.489 e. The lowest BCUT2D eigenvalue weighted by Gasteiger charge is -2.15. The Morgan fingerprint density at radius 3 is 2.83 bits per heavy atom. The van der Waals surface area contributed by atoms with Crippen LogP contribution < -0.4 is 15.6 Å².